The lowest BCUT2D eigenvalue weighted by Crippen LogP contribution is -2.25. The van der Waals surface area contributed by atoms with Crippen molar-refractivity contribution in [3.05, 3.63) is 64.1 Å². The number of non-ortho nitro benzene ring substituents is 1. The quantitative estimate of drug-likeness (QED) is 0.508. The van der Waals surface area contributed by atoms with Crippen LogP contribution in [0.4, 0.5) is 5.69 Å². The number of thioether (sulfide) groups is 1. The molecule has 8 nitrogen and oxygen atoms in total. The summed E-state index contributed by atoms with van der Waals surface area (Å²) in [5.41, 5.74) is 0.727. The van der Waals surface area contributed by atoms with Crippen molar-refractivity contribution in [1.82, 2.24) is 5.32 Å². The van der Waals surface area contributed by atoms with Gasteiger partial charge in [0.2, 0.25) is 5.91 Å². The number of nitro groups is 1. The van der Waals surface area contributed by atoms with Crippen molar-refractivity contribution in [2.75, 3.05) is 0 Å². The highest BCUT2D eigenvalue weighted by atomic mass is 32.2. The van der Waals surface area contributed by atoms with Gasteiger partial charge in [0, 0.05) is 12.1 Å². The molecule has 0 saturated carbocycles. The van der Waals surface area contributed by atoms with E-state index >= 15 is 0 Å². The Morgan fingerprint density at radius 3 is 3.00 bits per heavy atom. The maximum Gasteiger partial charge on any atom is 0.269 e. The van der Waals surface area contributed by atoms with Crippen molar-refractivity contribution in [1.29, 1.82) is 0 Å². The number of furan rings is 1. The molecule has 1 N–H and O–H groups in total. The Balaban J connectivity index is 1.64. The van der Waals surface area contributed by atoms with Crippen LogP contribution in [0.15, 0.2) is 57.3 Å². The standard InChI is InChI=1S/C15H12N4O4S/c20-14-13(8-10-3-1-4-11(7-10)19(21)22)24-15(17-14)18-16-9-12-5-2-6-23-12/h1-7,9,13H,8H2,(H,17,18,20). The Kier molecular flexibility index (Phi) is 4.71. The highest BCUT2D eigenvalue weighted by molar-refractivity contribution is 8.15. The third-order valence-electron chi connectivity index (χ3n) is 3.20. The first-order chi connectivity index (χ1) is 11.6. The van der Waals surface area contributed by atoms with Crippen molar-refractivity contribution < 1.29 is 14.1 Å². The van der Waals surface area contributed by atoms with E-state index in [2.05, 4.69) is 15.5 Å². The van der Waals surface area contributed by atoms with Crippen LogP contribution < -0.4 is 5.32 Å². The van der Waals surface area contributed by atoms with Crippen molar-refractivity contribution in [2.45, 2.75) is 11.7 Å². The van der Waals surface area contributed by atoms with Crippen LogP contribution in [0.25, 0.3) is 0 Å². The minimum atomic E-state index is -0.457. The first-order valence-corrected chi connectivity index (χ1v) is 7.85. The molecule has 2 heterocycles. The van der Waals surface area contributed by atoms with Crippen LogP contribution in [0.3, 0.4) is 0 Å². The molecule has 1 fully saturated rings. The fourth-order valence-electron chi connectivity index (χ4n) is 2.10. The zero-order valence-corrected chi connectivity index (χ0v) is 13.1. The molecule has 24 heavy (non-hydrogen) atoms. The number of nitrogens with zero attached hydrogens (tertiary/aromatic N) is 3. The third kappa shape index (κ3) is 3.87. The van der Waals surface area contributed by atoms with Gasteiger partial charge in [-0.3, -0.25) is 14.9 Å². The smallest absolute Gasteiger partial charge is 0.269 e. The van der Waals surface area contributed by atoms with E-state index in [0.29, 0.717) is 17.3 Å². The number of hydrogen-bond donors (Lipinski definition) is 1. The van der Waals surface area contributed by atoms with Crippen LogP contribution in [0.1, 0.15) is 11.3 Å². The van der Waals surface area contributed by atoms with Crippen molar-refractivity contribution in [2.24, 2.45) is 10.2 Å². The summed E-state index contributed by atoms with van der Waals surface area (Å²) in [6.07, 6.45) is 3.34. The van der Waals surface area contributed by atoms with E-state index < -0.39 is 10.2 Å². The van der Waals surface area contributed by atoms with E-state index in [-0.39, 0.29) is 11.6 Å². The highest BCUT2D eigenvalue weighted by Gasteiger charge is 2.30. The van der Waals surface area contributed by atoms with Gasteiger partial charge in [0.15, 0.2) is 5.17 Å². The Bertz CT molecular complexity index is 817. The predicted molar refractivity (Wildman–Crippen MR) is 90.1 cm³/mol. The van der Waals surface area contributed by atoms with E-state index in [0.717, 1.165) is 5.56 Å². The minimum absolute atomic E-state index is 0.00726. The molecular weight excluding hydrogens is 332 g/mol. The molecule has 2 aromatic rings. The van der Waals surface area contributed by atoms with Crippen molar-refractivity contribution in [3.63, 3.8) is 0 Å². The fourth-order valence-corrected chi connectivity index (χ4v) is 3.07. The number of carbonyl (C=O) groups excluding carboxylic acids is 1. The lowest BCUT2D eigenvalue weighted by molar-refractivity contribution is -0.384. The maximum atomic E-state index is 12.0. The largest absolute Gasteiger partial charge is 0.463 e. The summed E-state index contributed by atoms with van der Waals surface area (Å²) in [6.45, 7) is 0. The second-order valence-electron chi connectivity index (χ2n) is 4.89. The molecular formula is C15H12N4O4S. The van der Waals surface area contributed by atoms with Crippen LogP contribution >= 0.6 is 11.8 Å². The second kappa shape index (κ2) is 7.09. The fraction of sp³-hybridized carbons (Fsp3) is 0.133. The number of amides is 1. The molecule has 1 amide bonds. The first kappa shape index (κ1) is 15.9. The molecule has 9 heteroatoms. The van der Waals surface area contributed by atoms with Crippen LogP contribution in [0, 0.1) is 10.1 Å². The number of nitro benzene ring substituents is 1. The number of rotatable bonds is 5. The minimum Gasteiger partial charge on any atom is -0.463 e. The molecule has 122 valence electrons. The molecule has 1 unspecified atom stereocenters. The number of amidine groups is 1. The van der Waals surface area contributed by atoms with Gasteiger partial charge >= 0.3 is 0 Å². The SMILES string of the molecule is O=C1NC(=NN=Cc2ccco2)SC1Cc1cccc([N+](=O)[O-])c1. The van der Waals surface area contributed by atoms with E-state index in [1.807, 2.05) is 0 Å². The summed E-state index contributed by atoms with van der Waals surface area (Å²) in [6, 6.07) is 9.71. The van der Waals surface area contributed by atoms with Gasteiger partial charge < -0.3 is 9.73 Å². The number of benzene rings is 1. The predicted octanol–water partition coefficient (Wildman–Crippen LogP) is 2.35. The topological polar surface area (TPSA) is 110 Å². The molecule has 3 rings (SSSR count). The van der Waals surface area contributed by atoms with Gasteiger partial charge in [-0.2, -0.15) is 5.10 Å². The molecule has 1 saturated heterocycles. The van der Waals surface area contributed by atoms with Crippen LogP contribution in [0.2, 0.25) is 0 Å². The van der Waals surface area contributed by atoms with E-state index in [9.17, 15) is 14.9 Å². The first-order valence-electron chi connectivity index (χ1n) is 6.97. The summed E-state index contributed by atoms with van der Waals surface area (Å²) in [4.78, 5) is 22.3. The Morgan fingerprint density at radius 2 is 2.25 bits per heavy atom. The van der Waals surface area contributed by atoms with Gasteiger partial charge in [-0.1, -0.05) is 23.9 Å². The average Bonchev–Trinajstić information content (AvgIpc) is 3.18. The highest BCUT2D eigenvalue weighted by Crippen LogP contribution is 2.24. The average molecular weight is 344 g/mol. The summed E-state index contributed by atoms with van der Waals surface area (Å²) in [5.74, 6) is 0.361. The molecule has 1 aromatic heterocycles. The van der Waals surface area contributed by atoms with E-state index in [1.165, 1.54) is 36.4 Å². The lowest BCUT2D eigenvalue weighted by atomic mass is 10.1. The summed E-state index contributed by atoms with van der Waals surface area (Å²) >= 11 is 1.24. The Hall–Kier alpha value is -2.94. The Labute approximate surface area is 140 Å². The zero-order chi connectivity index (χ0) is 16.9. The molecule has 1 aromatic carbocycles. The number of hydrogen-bond acceptors (Lipinski definition) is 7. The number of nitrogens with one attached hydrogen (secondary N) is 1. The monoisotopic (exact) mass is 344 g/mol. The van der Waals surface area contributed by atoms with Gasteiger partial charge in [-0.15, -0.1) is 5.10 Å². The number of carbonyl (C=O) groups is 1. The van der Waals surface area contributed by atoms with Crippen molar-refractivity contribution >= 4 is 34.7 Å². The summed E-state index contributed by atoms with van der Waals surface area (Å²) in [7, 11) is 0. The van der Waals surface area contributed by atoms with Gasteiger partial charge in [0.1, 0.15) is 5.76 Å². The van der Waals surface area contributed by atoms with Gasteiger partial charge in [0.05, 0.1) is 22.7 Å². The van der Waals surface area contributed by atoms with Crippen LogP contribution in [-0.4, -0.2) is 27.5 Å². The molecule has 1 aliphatic heterocycles. The summed E-state index contributed by atoms with van der Waals surface area (Å²) in [5, 5.41) is 21.2. The third-order valence-corrected chi connectivity index (χ3v) is 4.27. The molecule has 0 bridgehead atoms. The van der Waals surface area contributed by atoms with Crippen molar-refractivity contribution in [3.8, 4) is 0 Å². The maximum absolute atomic E-state index is 12.0. The molecule has 0 aliphatic carbocycles. The van der Waals surface area contributed by atoms with Crippen LogP contribution in [-0.2, 0) is 11.2 Å². The molecule has 0 spiro atoms. The van der Waals surface area contributed by atoms with Gasteiger partial charge in [-0.25, -0.2) is 0 Å². The summed E-state index contributed by atoms with van der Waals surface area (Å²) < 4.78 is 5.08. The Morgan fingerprint density at radius 1 is 1.38 bits per heavy atom. The van der Waals surface area contributed by atoms with Gasteiger partial charge in [-0.05, 0) is 24.1 Å². The van der Waals surface area contributed by atoms with Crippen LogP contribution in [0.5, 0.6) is 0 Å². The molecule has 1 atom stereocenters. The second-order valence-corrected chi connectivity index (χ2v) is 6.08. The van der Waals surface area contributed by atoms with E-state index in [1.54, 1.807) is 24.3 Å². The normalized spacial score (nSPS) is 19.1. The lowest BCUT2D eigenvalue weighted by Gasteiger charge is -2.04. The van der Waals surface area contributed by atoms with Gasteiger partial charge in [0.25, 0.3) is 5.69 Å². The zero-order valence-electron chi connectivity index (χ0n) is 12.3. The molecule has 1 aliphatic rings. The molecule has 0 radical (unpaired) electrons. The van der Waals surface area contributed by atoms with E-state index in [4.69, 9.17) is 4.42 Å².